The van der Waals surface area contributed by atoms with Crippen molar-refractivity contribution in [2.75, 3.05) is 6.61 Å². The van der Waals surface area contributed by atoms with E-state index in [1.54, 1.807) is 6.92 Å². The first-order valence-electron chi connectivity index (χ1n) is 7.29. The maximum atomic E-state index is 12.5. The Balaban J connectivity index is 2.09. The Kier molecular flexibility index (Phi) is 4.87. The third-order valence-electron chi connectivity index (χ3n) is 3.76. The van der Waals surface area contributed by atoms with Crippen molar-refractivity contribution in [2.45, 2.75) is 58.7 Å². The molecule has 1 amide bonds. The predicted octanol–water partition coefficient (Wildman–Crippen LogP) is 0.639. The molecule has 0 aliphatic carbocycles. The van der Waals surface area contributed by atoms with E-state index in [9.17, 15) is 9.59 Å². The molecule has 0 spiro atoms. The van der Waals surface area contributed by atoms with Crippen LogP contribution < -0.4 is 0 Å². The molecule has 0 bridgehead atoms. The van der Waals surface area contributed by atoms with E-state index >= 15 is 0 Å². The van der Waals surface area contributed by atoms with E-state index in [0.29, 0.717) is 0 Å². The molecule has 21 heavy (non-hydrogen) atoms. The minimum Gasteiger partial charge on any atom is -0.460 e. The molecular weight excluding hydrogens is 274 g/mol. The van der Waals surface area contributed by atoms with Crippen LogP contribution in [-0.2, 0) is 16.1 Å². The van der Waals surface area contributed by atoms with E-state index in [1.807, 2.05) is 18.7 Å². The number of rotatable bonds is 4. The van der Waals surface area contributed by atoms with Gasteiger partial charge in [0.2, 0.25) is 5.91 Å². The SMILES string of the molecule is CCOC(=O)c1nnnn1CC(=O)N1C(C)CCCC1C. The van der Waals surface area contributed by atoms with E-state index in [-0.39, 0.29) is 37.0 Å². The van der Waals surface area contributed by atoms with Crippen molar-refractivity contribution in [2.24, 2.45) is 0 Å². The lowest BCUT2D eigenvalue weighted by molar-refractivity contribution is -0.138. The van der Waals surface area contributed by atoms with Crippen LogP contribution in [0.25, 0.3) is 0 Å². The van der Waals surface area contributed by atoms with Gasteiger partial charge in [0.1, 0.15) is 6.54 Å². The fourth-order valence-corrected chi connectivity index (χ4v) is 2.78. The number of amides is 1. The standard InChI is InChI=1S/C13H21N5O3/c1-4-21-13(20)12-14-15-16-17(12)8-11(19)18-9(2)6-5-7-10(18)3/h9-10H,4-8H2,1-3H3. The van der Waals surface area contributed by atoms with Crippen LogP contribution in [0.5, 0.6) is 0 Å². The highest BCUT2D eigenvalue weighted by Crippen LogP contribution is 2.22. The van der Waals surface area contributed by atoms with Crippen LogP contribution in [0.4, 0.5) is 0 Å². The molecule has 1 aliphatic rings. The van der Waals surface area contributed by atoms with Gasteiger partial charge in [0.05, 0.1) is 6.61 Å². The van der Waals surface area contributed by atoms with Crippen LogP contribution in [0.15, 0.2) is 0 Å². The lowest BCUT2D eigenvalue weighted by Crippen LogP contribution is -2.49. The fraction of sp³-hybridized carbons (Fsp3) is 0.769. The zero-order valence-electron chi connectivity index (χ0n) is 12.7. The Bertz CT molecular complexity index is 506. The van der Waals surface area contributed by atoms with Crippen LogP contribution in [-0.4, -0.2) is 55.7 Å². The number of nitrogens with zero attached hydrogens (tertiary/aromatic N) is 5. The number of carbonyl (C=O) groups is 2. The molecule has 0 aromatic carbocycles. The first kappa shape index (κ1) is 15.4. The first-order valence-corrected chi connectivity index (χ1v) is 7.29. The summed E-state index contributed by atoms with van der Waals surface area (Å²) in [5, 5.41) is 10.8. The third kappa shape index (κ3) is 3.37. The van der Waals surface area contributed by atoms with Crippen molar-refractivity contribution >= 4 is 11.9 Å². The summed E-state index contributed by atoms with van der Waals surface area (Å²) >= 11 is 0. The maximum Gasteiger partial charge on any atom is 0.378 e. The molecule has 1 aromatic rings. The van der Waals surface area contributed by atoms with Crippen molar-refractivity contribution in [1.29, 1.82) is 0 Å². The average molecular weight is 295 g/mol. The predicted molar refractivity (Wildman–Crippen MR) is 73.4 cm³/mol. The summed E-state index contributed by atoms with van der Waals surface area (Å²) in [6, 6.07) is 0.396. The molecule has 8 heteroatoms. The lowest BCUT2D eigenvalue weighted by Gasteiger charge is -2.39. The number of likely N-dealkylation sites (tertiary alicyclic amines) is 1. The van der Waals surface area contributed by atoms with Gasteiger partial charge in [-0.25, -0.2) is 9.48 Å². The summed E-state index contributed by atoms with van der Waals surface area (Å²) < 4.78 is 6.07. The molecular formula is C13H21N5O3. The lowest BCUT2D eigenvalue weighted by atomic mass is 9.97. The number of piperidine rings is 1. The Morgan fingerprint density at radius 1 is 1.29 bits per heavy atom. The Morgan fingerprint density at radius 2 is 1.95 bits per heavy atom. The van der Waals surface area contributed by atoms with E-state index in [1.165, 1.54) is 4.68 Å². The molecule has 116 valence electrons. The second kappa shape index (κ2) is 6.64. The topological polar surface area (TPSA) is 90.2 Å². The molecule has 1 fully saturated rings. The summed E-state index contributed by atoms with van der Waals surface area (Å²) in [6.07, 6.45) is 3.12. The van der Waals surface area contributed by atoms with Gasteiger partial charge in [-0.3, -0.25) is 4.79 Å². The van der Waals surface area contributed by atoms with E-state index in [0.717, 1.165) is 19.3 Å². The largest absolute Gasteiger partial charge is 0.460 e. The van der Waals surface area contributed by atoms with Gasteiger partial charge in [0.25, 0.3) is 5.82 Å². The van der Waals surface area contributed by atoms with Gasteiger partial charge >= 0.3 is 5.97 Å². The Labute approximate surface area is 123 Å². The molecule has 0 radical (unpaired) electrons. The second-order valence-electron chi connectivity index (χ2n) is 5.31. The zero-order valence-corrected chi connectivity index (χ0v) is 12.7. The number of carbonyl (C=O) groups excluding carboxylic acids is 2. The summed E-state index contributed by atoms with van der Waals surface area (Å²) in [6.45, 7) is 5.97. The van der Waals surface area contributed by atoms with Gasteiger partial charge < -0.3 is 9.64 Å². The number of aromatic nitrogens is 4. The molecule has 1 aliphatic heterocycles. The molecule has 2 rings (SSSR count). The van der Waals surface area contributed by atoms with Crippen molar-refractivity contribution < 1.29 is 14.3 Å². The maximum absolute atomic E-state index is 12.5. The van der Waals surface area contributed by atoms with Gasteiger partial charge in [-0.15, -0.1) is 5.10 Å². The van der Waals surface area contributed by atoms with Gasteiger partial charge in [-0.2, -0.15) is 0 Å². The molecule has 0 N–H and O–H groups in total. The number of esters is 1. The highest BCUT2D eigenvalue weighted by molar-refractivity contribution is 5.86. The number of hydrogen-bond donors (Lipinski definition) is 0. The summed E-state index contributed by atoms with van der Waals surface area (Å²) in [5.41, 5.74) is 0. The van der Waals surface area contributed by atoms with E-state index in [2.05, 4.69) is 15.5 Å². The molecule has 0 saturated carbocycles. The minimum absolute atomic E-state index is 0.0393. The first-order chi connectivity index (χ1) is 10.0. The highest BCUT2D eigenvalue weighted by Gasteiger charge is 2.30. The van der Waals surface area contributed by atoms with Crippen LogP contribution in [0.2, 0.25) is 0 Å². The van der Waals surface area contributed by atoms with E-state index < -0.39 is 5.97 Å². The number of ether oxygens (including phenoxy) is 1. The van der Waals surface area contributed by atoms with Crippen LogP contribution in [0.3, 0.4) is 0 Å². The summed E-state index contributed by atoms with van der Waals surface area (Å²) in [7, 11) is 0. The summed E-state index contributed by atoms with van der Waals surface area (Å²) in [4.78, 5) is 26.0. The van der Waals surface area contributed by atoms with Crippen LogP contribution in [0.1, 0.15) is 50.7 Å². The molecule has 2 atom stereocenters. The van der Waals surface area contributed by atoms with Crippen molar-refractivity contribution in [3.05, 3.63) is 5.82 Å². The summed E-state index contributed by atoms with van der Waals surface area (Å²) in [5.74, 6) is -0.731. The minimum atomic E-state index is -0.616. The molecule has 1 saturated heterocycles. The van der Waals surface area contributed by atoms with Gasteiger partial charge in [-0.1, -0.05) is 0 Å². The Hall–Kier alpha value is -1.99. The van der Waals surface area contributed by atoms with Gasteiger partial charge in [-0.05, 0) is 50.5 Å². The second-order valence-corrected chi connectivity index (χ2v) is 5.31. The van der Waals surface area contributed by atoms with Crippen LogP contribution in [0, 0.1) is 0 Å². The molecule has 2 unspecified atom stereocenters. The molecule has 1 aromatic heterocycles. The smallest absolute Gasteiger partial charge is 0.378 e. The fourth-order valence-electron chi connectivity index (χ4n) is 2.78. The zero-order chi connectivity index (χ0) is 15.4. The van der Waals surface area contributed by atoms with Gasteiger partial charge in [0, 0.05) is 12.1 Å². The van der Waals surface area contributed by atoms with Crippen molar-refractivity contribution in [1.82, 2.24) is 25.1 Å². The number of tetrazole rings is 1. The van der Waals surface area contributed by atoms with E-state index in [4.69, 9.17) is 4.74 Å². The monoisotopic (exact) mass is 295 g/mol. The quantitative estimate of drug-likeness (QED) is 0.757. The van der Waals surface area contributed by atoms with Gasteiger partial charge in [0.15, 0.2) is 0 Å². The highest BCUT2D eigenvalue weighted by atomic mass is 16.5. The molecule has 8 nitrogen and oxygen atoms in total. The van der Waals surface area contributed by atoms with Crippen LogP contribution >= 0.6 is 0 Å². The Morgan fingerprint density at radius 3 is 2.57 bits per heavy atom. The normalized spacial score (nSPS) is 22.1. The average Bonchev–Trinajstić information content (AvgIpc) is 2.87. The van der Waals surface area contributed by atoms with Crippen molar-refractivity contribution in [3.63, 3.8) is 0 Å². The molecule has 2 heterocycles. The third-order valence-corrected chi connectivity index (χ3v) is 3.76. The number of hydrogen-bond acceptors (Lipinski definition) is 6. The van der Waals surface area contributed by atoms with Crippen molar-refractivity contribution in [3.8, 4) is 0 Å².